The van der Waals surface area contributed by atoms with Crippen molar-refractivity contribution in [2.24, 2.45) is 0 Å². The van der Waals surface area contributed by atoms with Crippen molar-refractivity contribution in [2.75, 3.05) is 32.2 Å². The minimum Gasteiger partial charge on any atom is -0.479 e. The van der Waals surface area contributed by atoms with E-state index in [0.717, 1.165) is 0 Å². The van der Waals surface area contributed by atoms with Gasteiger partial charge in [-0.2, -0.15) is 15.2 Å². The number of rotatable bonds is 9. The predicted molar refractivity (Wildman–Crippen MR) is 128 cm³/mol. The molecule has 1 N–H and O–H groups in total. The molecule has 0 aromatic carbocycles. The molecule has 1 saturated heterocycles. The van der Waals surface area contributed by atoms with Gasteiger partial charge in [0.15, 0.2) is 5.69 Å². The Morgan fingerprint density at radius 1 is 1.17 bits per heavy atom. The van der Waals surface area contributed by atoms with Gasteiger partial charge in [-0.3, -0.25) is 14.3 Å². The Hall–Kier alpha value is -3.83. The van der Waals surface area contributed by atoms with Crippen LogP contribution in [0.1, 0.15) is 49.2 Å². The van der Waals surface area contributed by atoms with Crippen molar-refractivity contribution >= 4 is 16.0 Å². The molecule has 14 heteroatoms. The molecule has 3 atom stereocenters. The number of aromatic nitrogens is 6. The summed E-state index contributed by atoms with van der Waals surface area (Å²) in [5, 5.41) is 16.5. The summed E-state index contributed by atoms with van der Waals surface area (Å²) >= 11 is 0. The molecule has 0 saturated carbocycles. The first-order chi connectivity index (χ1) is 17.3. The minimum absolute atomic E-state index is 0.0601. The fraction of sp³-hybridized carbons (Fsp3) is 0.455. The van der Waals surface area contributed by atoms with Crippen LogP contribution < -0.4 is 14.2 Å². The zero-order valence-corrected chi connectivity index (χ0v) is 21.1. The third-order valence-electron chi connectivity index (χ3n) is 6.16. The number of nitrogens with zero attached hydrogens (tertiary/aromatic N) is 7. The van der Waals surface area contributed by atoms with E-state index in [-0.39, 0.29) is 29.3 Å². The Labute approximate surface area is 208 Å². The number of hydrogen-bond acceptors (Lipinski definition) is 11. The predicted octanol–water partition coefficient (Wildman–Crippen LogP) is 1.78. The molecule has 4 heterocycles. The number of pyridine rings is 1. The highest BCUT2D eigenvalue weighted by Gasteiger charge is 2.34. The van der Waals surface area contributed by atoms with Gasteiger partial charge in [-0.05, 0) is 25.5 Å². The van der Waals surface area contributed by atoms with Crippen molar-refractivity contribution in [3.05, 3.63) is 41.7 Å². The maximum Gasteiger partial charge on any atom is 0.245 e. The summed E-state index contributed by atoms with van der Waals surface area (Å²) < 4.78 is 47.4. The second-order valence-electron chi connectivity index (χ2n) is 8.24. The van der Waals surface area contributed by atoms with Crippen LogP contribution in [-0.2, 0) is 14.8 Å². The second-order valence-corrected chi connectivity index (χ2v) is 10.3. The Kier molecular flexibility index (Phi) is 7.32. The second kappa shape index (κ2) is 10.4. The number of methoxy groups -OCH3 is 2. The van der Waals surface area contributed by atoms with E-state index in [0.29, 0.717) is 36.7 Å². The monoisotopic (exact) mass is 514 g/mol. The normalized spacial score (nSPS) is 17.2. The van der Waals surface area contributed by atoms with Gasteiger partial charge < -0.3 is 14.2 Å². The zero-order chi connectivity index (χ0) is 25.9. The van der Waals surface area contributed by atoms with Crippen LogP contribution in [0.3, 0.4) is 0 Å². The number of ether oxygens (including phenoxy) is 3. The standard InChI is InChI=1S/C22H26N8O5S/c1-13(17-6-5-15(9-23)10-24-17)14(2)36(31,32)29-22-28-27-19(16-7-8-35-11-16)30(22)18-20(33-3)25-12-26-21(18)34-4/h5-6,10,12-14,16H,7-8,11H2,1-4H3,(H,28,29)/t13?,14?,16-/m0/s1. The van der Waals surface area contributed by atoms with Crippen LogP contribution in [-0.4, -0.2) is 70.8 Å². The molecular formula is C22H26N8O5S. The SMILES string of the molecule is COc1ncnc(OC)c1-n1c(NS(=O)(=O)C(C)C(C)c2ccc(C#N)cn2)nnc1[C@H]1CCOC1. The third kappa shape index (κ3) is 4.79. The van der Waals surface area contributed by atoms with Gasteiger partial charge in [0, 0.05) is 30.3 Å². The average molecular weight is 515 g/mol. The van der Waals surface area contributed by atoms with Crippen LogP contribution in [0.2, 0.25) is 0 Å². The van der Waals surface area contributed by atoms with Crippen LogP contribution in [0.25, 0.3) is 5.69 Å². The lowest BCUT2D eigenvalue weighted by Crippen LogP contribution is -2.31. The molecule has 3 aromatic heterocycles. The van der Waals surface area contributed by atoms with Gasteiger partial charge in [-0.15, -0.1) is 10.2 Å². The molecule has 190 valence electrons. The van der Waals surface area contributed by atoms with Crippen molar-refractivity contribution in [3.63, 3.8) is 0 Å². The molecule has 36 heavy (non-hydrogen) atoms. The molecule has 13 nitrogen and oxygen atoms in total. The fourth-order valence-corrected chi connectivity index (χ4v) is 5.14. The van der Waals surface area contributed by atoms with E-state index >= 15 is 0 Å². The van der Waals surface area contributed by atoms with Gasteiger partial charge in [-0.1, -0.05) is 6.92 Å². The molecule has 0 aliphatic carbocycles. The minimum atomic E-state index is -3.99. The number of nitrogens with one attached hydrogen (secondary N) is 1. The molecule has 0 spiro atoms. The van der Waals surface area contributed by atoms with E-state index in [1.165, 1.54) is 31.3 Å². The molecule has 4 rings (SSSR count). The van der Waals surface area contributed by atoms with E-state index in [4.69, 9.17) is 19.5 Å². The first-order valence-electron chi connectivity index (χ1n) is 11.1. The highest BCUT2D eigenvalue weighted by Crippen LogP contribution is 2.36. The van der Waals surface area contributed by atoms with Crippen molar-refractivity contribution in [1.82, 2.24) is 29.7 Å². The molecule has 0 radical (unpaired) electrons. The summed E-state index contributed by atoms with van der Waals surface area (Å²) in [7, 11) is -1.11. The number of hydrogen-bond donors (Lipinski definition) is 1. The Bertz CT molecular complexity index is 1340. The highest BCUT2D eigenvalue weighted by atomic mass is 32.2. The van der Waals surface area contributed by atoms with E-state index in [9.17, 15) is 8.42 Å². The lowest BCUT2D eigenvalue weighted by atomic mass is 10.0. The van der Waals surface area contributed by atoms with Gasteiger partial charge in [-0.25, -0.2) is 8.42 Å². The average Bonchev–Trinajstić information content (AvgIpc) is 3.57. The summed E-state index contributed by atoms with van der Waals surface area (Å²) in [6, 6.07) is 5.25. The number of sulfonamides is 1. The summed E-state index contributed by atoms with van der Waals surface area (Å²) in [6.07, 6.45) is 3.38. The Balaban J connectivity index is 1.75. The van der Waals surface area contributed by atoms with Crippen LogP contribution in [0, 0.1) is 11.3 Å². The first kappa shape index (κ1) is 25.3. The van der Waals surface area contributed by atoms with Gasteiger partial charge in [0.25, 0.3) is 0 Å². The summed E-state index contributed by atoms with van der Waals surface area (Å²) in [4.78, 5) is 12.6. The van der Waals surface area contributed by atoms with Crippen LogP contribution in [0.5, 0.6) is 11.8 Å². The van der Waals surface area contributed by atoms with E-state index < -0.39 is 21.2 Å². The topological polar surface area (TPSA) is 167 Å². The molecule has 1 aliphatic heterocycles. The highest BCUT2D eigenvalue weighted by molar-refractivity contribution is 7.93. The lowest BCUT2D eigenvalue weighted by Gasteiger charge is -2.22. The Morgan fingerprint density at radius 3 is 2.44 bits per heavy atom. The largest absolute Gasteiger partial charge is 0.479 e. The maximum absolute atomic E-state index is 13.5. The zero-order valence-electron chi connectivity index (χ0n) is 20.2. The van der Waals surface area contributed by atoms with Gasteiger partial charge in [0.1, 0.15) is 18.2 Å². The molecule has 3 aromatic rings. The molecule has 1 aliphatic rings. The van der Waals surface area contributed by atoms with Crippen LogP contribution >= 0.6 is 0 Å². The maximum atomic E-state index is 13.5. The van der Waals surface area contributed by atoms with Crippen LogP contribution in [0.15, 0.2) is 24.7 Å². The summed E-state index contributed by atoms with van der Waals surface area (Å²) in [5.74, 6) is 0.0974. The molecule has 0 amide bonds. The Morgan fingerprint density at radius 2 is 1.89 bits per heavy atom. The number of nitriles is 1. The summed E-state index contributed by atoms with van der Waals surface area (Å²) in [6.45, 7) is 4.28. The molecule has 2 unspecified atom stereocenters. The van der Waals surface area contributed by atoms with Gasteiger partial charge in [0.05, 0.1) is 31.6 Å². The smallest absolute Gasteiger partial charge is 0.245 e. The van der Waals surface area contributed by atoms with Gasteiger partial charge >= 0.3 is 0 Å². The van der Waals surface area contributed by atoms with Crippen molar-refractivity contribution < 1.29 is 22.6 Å². The lowest BCUT2D eigenvalue weighted by molar-refractivity contribution is 0.193. The fourth-order valence-electron chi connectivity index (χ4n) is 3.89. The molecule has 0 bridgehead atoms. The summed E-state index contributed by atoms with van der Waals surface area (Å²) in [5.41, 5.74) is 1.20. The van der Waals surface area contributed by atoms with Gasteiger partial charge in [0.2, 0.25) is 27.7 Å². The first-order valence-corrected chi connectivity index (χ1v) is 12.7. The van der Waals surface area contributed by atoms with Crippen LogP contribution in [0.4, 0.5) is 5.95 Å². The number of anilines is 1. The van der Waals surface area contributed by atoms with E-state index in [2.05, 4.69) is 29.9 Å². The van der Waals surface area contributed by atoms with E-state index in [1.807, 2.05) is 6.07 Å². The van der Waals surface area contributed by atoms with Crippen molar-refractivity contribution in [3.8, 4) is 23.5 Å². The van der Waals surface area contributed by atoms with Crippen molar-refractivity contribution in [2.45, 2.75) is 37.4 Å². The third-order valence-corrected chi connectivity index (χ3v) is 8.01. The van der Waals surface area contributed by atoms with E-state index in [1.54, 1.807) is 26.0 Å². The quantitative estimate of drug-likeness (QED) is 0.442. The molecule has 1 fully saturated rings. The molecular weight excluding hydrogens is 488 g/mol. The van der Waals surface area contributed by atoms with Crippen molar-refractivity contribution in [1.29, 1.82) is 5.26 Å².